The van der Waals surface area contributed by atoms with Gasteiger partial charge in [-0.15, -0.1) is 0 Å². The molecule has 0 radical (unpaired) electrons. The molecule has 6 aromatic carbocycles. The van der Waals surface area contributed by atoms with E-state index >= 15 is 4.39 Å². The van der Waals surface area contributed by atoms with E-state index in [2.05, 4.69) is 17.0 Å². The van der Waals surface area contributed by atoms with E-state index < -0.39 is 5.82 Å². The molecule has 0 bridgehead atoms. The molecule has 2 heterocycles. The van der Waals surface area contributed by atoms with Crippen molar-refractivity contribution < 1.29 is 4.39 Å². The summed E-state index contributed by atoms with van der Waals surface area (Å²) in [5, 5.41) is 33.5. The Morgan fingerprint density at radius 3 is 1.62 bits per heavy atom. The molecule has 0 aliphatic rings. The number of hydrogen-bond acceptors (Lipinski definition) is 3. The molecule has 2 aromatic heterocycles. The summed E-state index contributed by atoms with van der Waals surface area (Å²) in [5.74, 6) is -0.600. The number of nitriles is 3. The summed E-state index contributed by atoms with van der Waals surface area (Å²) in [6.45, 7) is 7.72. The smallest absolute Gasteiger partial charge is 0.189 e. The maximum atomic E-state index is 16.3. The molecule has 47 heavy (non-hydrogen) atoms. The van der Waals surface area contributed by atoms with Gasteiger partial charge in [0.1, 0.15) is 5.82 Å². The lowest BCUT2D eigenvalue weighted by molar-refractivity contribution is 0.630. The van der Waals surface area contributed by atoms with Gasteiger partial charge in [-0.3, -0.25) is 0 Å². The fraction of sp³-hybridized carbons (Fsp3) is 0. The molecule has 0 aliphatic carbocycles. The van der Waals surface area contributed by atoms with Crippen molar-refractivity contribution in [3.8, 4) is 40.7 Å². The second-order valence-electron chi connectivity index (χ2n) is 11.2. The minimum atomic E-state index is -0.600. The first kappa shape index (κ1) is 27.4. The third-order valence-electron chi connectivity index (χ3n) is 8.66. The van der Waals surface area contributed by atoms with Crippen LogP contribution in [0.4, 0.5) is 10.1 Å². The molecule has 7 heteroatoms. The maximum absolute atomic E-state index is 16.3. The number of aromatic nitrogens is 2. The monoisotopic (exact) mass is 602 g/mol. The van der Waals surface area contributed by atoms with Crippen molar-refractivity contribution in [3.63, 3.8) is 0 Å². The molecule has 0 saturated carbocycles. The van der Waals surface area contributed by atoms with Crippen LogP contribution in [-0.2, 0) is 0 Å². The fourth-order valence-corrected chi connectivity index (χ4v) is 6.68. The van der Waals surface area contributed by atoms with Gasteiger partial charge in [-0.25, -0.2) is 9.24 Å². The van der Waals surface area contributed by atoms with Crippen molar-refractivity contribution >= 4 is 49.3 Å². The Bertz CT molecular complexity index is 2660. The highest BCUT2D eigenvalue weighted by Gasteiger charge is 2.25. The van der Waals surface area contributed by atoms with Crippen molar-refractivity contribution in [3.05, 3.63) is 149 Å². The molecule has 0 amide bonds. The summed E-state index contributed by atoms with van der Waals surface area (Å²) < 4.78 is 20.3. The van der Waals surface area contributed by atoms with Crippen LogP contribution in [0.1, 0.15) is 16.7 Å². The van der Waals surface area contributed by atoms with Crippen molar-refractivity contribution in [1.29, 1.82) is 15.8 Å². The third kappa shape index (κ3) is 4.06. The Morgan fingerprint density at radius 2 is 1.04 bits per heavy atom. The Morgan fingerprint density at radius 1 is 0.532 bits per heavy atom. The molecule has 8 rings (SSSR count). The summed E-state index contributed by atoms with van der Waals surface area (Å²) >= 11 is 0. The molecule has 8 aromatic rings. The lowest BCUT2D eigenvalue weighted by atomic mass is 9.96. The summed E-state index contributed by atoms with van der Waals surface area (Å²) in [6.07, 6.45) is 0. The predicted molar refractivity (Wildman–Crippen MR) is 181 cm³/mol. The van der Waals surface area contributed by atoms with Gasteiger partial charge in [0, 0.05) is 38.2 Å². The first-order valence-electron chi connectivity index (χ1n) is 14.7. The van der Waals surface area contributed by atoms with Gasteiger partial charge in [-0.1, -0.05) is 54.6 Å². The van der Waals surface area contributed by atoms with Crippen molar-refractivity contribution in [2.24, 2.45) is 0 Å². The van der Waals surface area contributed by atoms with Gasteiger partial charge in [0.05, 0.1) is 69.4 Å². The van der Waals surface area contributed by atoms with Gasteiger partial charge in [0.2, 0.25) is 0 Å². The second-order valence-corrected chi connectivity index (χ2v) is 11.2. The Labute approximate surface area is 268 Å². The van der Waals surface area contributed by atoms with Crippen LogP contribution in [0, 0.1) is 46.4 Å². The van der Waals surface area contributed by atoms with Crippen LogP contribution in [0.15, 0.2) is 115 Å². The van der Waals surface area contributed by atoms with E-state index in [9.17, 15) is 15.8 Å². The van der Waals surface area contributed by atoms with Crippen LogP contribution in [0.25, 0.3) is 71.0 Å². The van der Waals surface area contributed by atoms with Crippen LogP contribution in [0.3, 0.4) is 0 Å². The molecule has 216 valence electrons. The number of nitrogens with zero attached hydrogens (tertiary/aromatic N) is 6. The summed E-state index contributed by atoms with van der Waals surface area (Å²) in [6, 6.07) is 41.0. The van der Waals surface area contributed by atoms with Crippen molar-refractivity contribution in [2.75, 3.05) is 0 Å². The number of halogens is 1. The molecular weight excluding hydrogens is 583 g/mol. The van der Waals surface area contributed by atoms with Gasteiger partial charge in [-0.2, -0.15) is 15.8 Å². The minimum Gasteiger partial charge on any atom is -0.310 e. The molecular formula is C40H19FN6. The summed E-state index contributed by atoms with van der Waals surface area (Å²) in [7, 11) is 0. The van der Waals surface area contributed by atoms with E-state index in [4.69, 9.17) is 6.57 Å². The van der Waals surface area contributed by atoms with Crippen molar-refractivity contribution in [2.45, 2.75) is 0 Å². The zero-order valence-corrected chi connectivity index (χ0v) is 24.5. The van der Waals surface area contributed by atoms with E-state index in [1.54, 1.807) is 48.5 Å². The topological polar surface area (TPSA) is 85.6 Å². The summed E-state index contributed by atoms with van der Waals surface area (Å²) in [4.78, 5) is 3.68. The van der Waals surface area contributed by atoms with Crippen LogP contribution in [0.5, 0.6) is 0 Å². The highest BCUT2D eigenvalue weighted by atomic mass is 19.1. The van der Waals surface area contributed by atoms with Crippen LogP contribution in [0.2, 0.25) is 0 Å². The minimum absolute atomic E-state index is 0.178. The van der Waals surface area contributed by atoms with Gasteiger partial charge < -0.3 is 9.13 Å². The number of hydrogen-bond donors (Lipinski definition) is 0. The SMILES string of the molecule is [C-]#[N+]c1ccc2c3ccccc3n(-c3cc(C#N)cc(-n4c5ccccc5c5ccc(C#N)cc54)c3-c3ccc(C#N)cc3F)c2c1. The first-order chi connectivity index (χ1) is 23.0. The Balaban J connectivity index is 1.63. The fourth-order valence-electron chi connectivity index (χ4n) is 6.68. The molecule has 0 atom stereocenters. The highest BCUT2D eigenvalue weighted by molar-refractivity contribution is 6.12. The zero-order chi connectivity index (χ0) is 32.2. The van der Waals surface area contributed by atoms with Crippen LogP contribution in [-0.4, -0.2) is 9.13 Å². The maximum Gasteiger partial charge on any atom is 0.189 e. The van der Waals surface area contributed by atoms with E-state index in [0.29, 0.717) is 33.8 Å². The van der Waals surface area contributed by atoms with E-state index in [0.717, 1.165) is 43.6 Å². The third-order valence-corrected chi connectivity index (χ3v) is 8.66. The molecule has 0 N–H and O–H groups in total. The quantitative estimate of drug-likeness (QED) is 0.189. The standard InChI is InChI=1S/C40H19FN6/c1-45-27-12-15-31-29-7-3-5-9-35(29)47(37(31)20-27)39-19-26(23-44)18-38(40(39)32-14-11-24(21-42)16-33(32)41)46-34-8-4-2-6-28(34)30-13-10-25(22-43)17-36(30)46/h2-20H. The van der Waals surface area contributed by atoms with Gasteiger partial charge in [-0.05, 0) is 60.7 Å². The van der Waals surface area contributed by atoms with Gasteiger partial charge >= 0.3 is 0 Å². The first-order valence-corrected chi connectivity index (χ1v) is 14.7. The Hall–Kier alpha value is -7.19. The largest absolute Gasteiger partial charge is 0.310 e. The van der Waals surface area contributed by atoms with E-state index in [1.807, 2.05) is 75.9 Å². The molecule has 0 saturated heterocycles. The summed E-state index contributed by atoms with van der Waals surface area (Å²) in [5.41, 5.74) is 6.24. The lowest BCUT2D eigenvalue weighted by Gasteiger charge is -2.21. The van der Waals surface area contributed by atoms with Gasteiger partial charge in [0.25, 0.3) is 0 Å². The molecule has 0 aliphatic heterocycles. The predicted octanol–water partition coefficient (Wildman–Crippen LogP) is 9.85. The molecule has 0 unspecified atom stereocenters. The molecule has 0 fully saturated rings. The van der Waals surface area contributed by atoms with Crippen molar-refractivity contribution in [1.82, 2.24) is 9.13 Å². The zero-order valence-electron chi connectivity index (χ0n) is 24.5. The molecule has 0 spiro atoms. The second kappa shape index (κ2) is 10.5. The van der Waals surface area contributed by atoms with Gasteiger partial charge in [0.15, 0.2) is 5.69 Å². The Kier molecular flexibility index (Phi) is 6.09. The number of fused-ring (bicyclic) bond motifs is 6. The number of benzene rings is 6. The average Bonchev–Trinajstić information content (AvgIpc) is 3.63. The highest BCUT2D eigenvalue weighted by Crippen LogP contribution is 2.44. The normalized spacial score (nSPS) is 11.0. The van der Waals surface area contributed by atoms with E-state index in [1.165, 1.54) is 6.07 Å². The average molecular weight is 603 g/mol. The number of rotatable bonds is 3. The number of para-hydroxylation sites is 2. The van der Waals surface area contributed by atoms with Crippen LogP contribution < -0.4 is 0 Å². The molecule has 6 nitrogen and oxygen atoms in total. The lowest BCUT2D eigenvalue weighted by Crippen LogP contribution is -2.06. The van der Waals surface area contributed by atoms with Crippen LogP contribution >= 0.6 is 0 Å². The van der Waals surface area contributed by atoms with E-state index in [-0.39, 0.29) is 11.1 Å².